The van der Waals surface area contributed by atoms with Gasteiger partial charge in [0.25, 0.3) is 5.69 Å². The highest BCUT2D eigenvalue weighted by atomic mass is 16.6. The number of carbonyl (C=O) groups excluding carboxylic acids is 2. The number of hydrogen-bond acceptors (Lipinski definition) is 6. The van der Waals surface area contributed by atoms with Gasteiger partial charge in [-0.05, 0) is 40.5 Å². The number of carboxylic acids is 1. The van der Waals surface area contributed by atoms with Crippen molar-refractivity contribution in [2.24, 2.45) is 11.8 Å². The highest BCUT2D eigenvalue weighted by Gasteiger charge is 2.68. The third-order valence-corrected chi connectivity index (χ3v) is 8.18. The maximum Gasteiger partial charge on any atom is 0.325 e. The van der Waals surface area contributed by atoms with Crippen molar-refractivity contribution >= 4 is 39.9 Å². The van der Waals surface area contributed by atoms with E-state index in [9.17, 15) is 29.6 Å². The first-order valence-electron chi connectivity index (χ1n) is 12.9. The topological polar surface area (TPSA) is 130 Å². The maximum absolute atomic E-state index is 14.2. The van der Waals surface area contributed by atoms with Gasteiger partial charge in [-0.15, -0.1) is 0 Å². The van der Waals surface area contributed by atoms with Gasteiger partial charge in [-0.3, -0.25) is 29.8 Å². The maximum atomic E-state index is 14.2. The van der Waals surface area contributed by atoms with E-state index in [0.29, 0.717) is 11.3 Å². The zero-order valence-electron chi connectivity index (χ0n) is 21.5. The van der Waals surface area contributed by atoms with Gasteiger partial charge in [0.05, 0.1) is 22.4 Å². The van der Waals surface area contributed by atoms with Crippen molar-refractivity contribution in [1.82, 2.24) is 5.32 Å². The number of aryl methyl sites for hydroxylation is 1. The van der Waals surface area contributed by atoms with Crippen LogP contribution in [-0.4, -0.2) is 33.4 Å². The highest BCUT2D eigenvalue weighted by Crippen LogP contribution is 2.52. The molecule has 200 valence electrons. The first-order chi connectivity index (χ1) is 19.2. The molecule has 40 heavy (non-hydrogen) atoms. The molecule has 0 saturated carbocycles. The summed E-state index contributed by atoms with van der Waals surface area (Å²) < 4.78 is 0. The number of nitrogens with one attached hydrogen (secondary N) is 1. The largest absolute Gasteiger partial charge is 0.480 e. The number of aliphatic carboxylic acids is 1. The summed E-state index contributed by atoms with van der Waals surface area (Å²) in [6.07, 6.45) is -0.149. The Morgan fingerprint density at radius 2 is 1.62 bits per heavy atom. The van der Waals surface area contributed by atoms with Crippen LogP contribution in [0.2, 0.25) is 0 Å². The number of fused-ring (bicyclic) bond motifs is 2. The van der Waals surface area contributed by atoms with Gasteiger partial charge in [-0.1, -0.05) is 72.8 Å². The van der Waals surface area contributed by atoms with Gasteiger partial charge >= 0.3 is 5.97 Å². The van der Waals surface area contributed by atoms with Crippen LogP contribution in [-0.2, 0) is 20.8 Å². The zero-order valence-corrected chi connectivity index (χ0v) is 21.5. The number of carboxylic acid groups (broad SMARTS) is 1. The molecule has 0 bridgehead atoms. The molecular formula is C31H25N3O6. The summed E-state index contributed by atoms with van der Waals surface area (Å²) in [6.45, 7) is 1.80. The molecule has 2 aliphatic heterocycles. The predicted octanol–water partition coefficient (Wildman–Crippen LogP) is 4.57. The molecule has 0 spiro atoms. The second-order valence-electron chi connectivity index (χ2n) is 10.4. The molecular weight excluding hydrogens is 510 g/mol. The van der Waals surface area contributed by atoms with Gasteiger partial charge in [0.1, 0.15) is 5.54 Å². The Hall–Kier alpha value is -4.89. The standard InChI is InChI=1S/C31H25N3O6/c1-18-7-2-5-12-24(18)33-28(35)25-26(29(33)36)31(30(37)38,17-19-13-15-21(16-14-19)34(39)40)32-27(25)23-11-6-9-20-8-3-4-10-22(20)23/h2-16,25-27,32H,17H2,1H3,(H,37,38). The number of rotatable bonds is 6. The van der Waals surface area contributed by atoms with E-state index in [-0.39, 0.29) is 12.1 Å². The summed E-state index contributed by atoms with van der Waals surface area (Å²) in [7, 11) is 0. The average Bonchev–Trinajstić information content (AvgIpc) is 3.42. The molecule has 2 N–H and O–H groups in total. The Bertz CT molecular complexity index is 1700. The molecule has 4 atom stereocenters. The Morgan fingerprint density at radius 3 is 2.33 bits per heavy atom. The molecule has 6 rings (SSSR count). The van der Waals surface area contributed by atoms with E-state index < -0.39 is 46.1 Å². The number of nitrogens with zero attached hydrogens (tertiary/aromatic N) is 2. The normalized spacial score (nSPS) is 23.9. The Balaban J connectivity index is 1.53. The lowest BCUT2D eigenvalue weighted by molar-refractivity contribution is -0.384. The van der Waals surface area contributed by atoms with Crippen molar-refractivity contribution in [3.05, 3.63) is 118 Å². The van der Waals surface area contributed by atoms with E-state index >= 15 is 0 Å². The minimum Gasteiger partial charge on any atom is -0.480 e. The second-order valence-corrected chi connectivity index (χ2v) is 10.4. The van der Waals surface area contributed by atoms with Crippen LogP contribution in [0, 0.1) is 28.9 Å². The fraction of sp³-hybridized carbons (Fsp3) is 0.194. The monoisotopic (exact) mass is 535 g/mol. The SMILES string of the molecule is Cc1ccccc1N1C(=O)C2C(c3cccc4ccccc34)NC(Cc3ccc([N+](=O)[O-])cc3)(C(=O)O)C2C1=O. The Labute approximate surface area is 229 Å². The van der Waals surface area contributed by atoms with Crippen LogP contribution in [0.15, 0.2) is 91.0 Å². The molecule has 9 heteroatoms. The molecule has 9 nitrogen and oxygen atoms in total. The fourth-order valence-corrected chi connectivity index (χ4v) is 6.34. The van der Waals surface area contributed by atoms with Crippen LogP contribution in [0.5, 0.6) is 0 Å². The van der Waals surface area contributed by atoms with Crippen LogP contribution < -0.4 is 10.2 Å². The third kappa shape index (κ3) is 3.77. The molecule has 2 saturated heterocycles. The lowest BCUT2D eigenvalue weighted by Gasteiger charge is -2.31. The first-order valence-corrected chi connectivity index (χ1v) is 12.9. The van der Waals surface area contributed by atoms with Crippen LogP contribution in [0.25, 0.3) is 10.8 Å². The van der Waals surface area contributed by atoms with E-state index in [1.807, 2.05) is 42.5 Å². The molecule has 2 aliphatic rings. The average molecular weight is 536 g/mol. The van der Waals surface area contributed by atoms with Crippen LogP contribution in [0.3, 0.4) is 0 Å². The lowest BCUT2D eigenvalue weighted by Crippen LogP contribution is -2.57. The number of para-hydroxylation sites is 1. The lowest BCUT2D eigenvalue weighted by atomic mass is 9.76. The van der Waals surface area contributed by atoms with Gasteiger partial charge in [0.2, 0.25) is 11.8 Å². The molecule has 4 aromatic carbocycles. The second kappa shape index (κ2) is 9.39. The molecule has 2 heterocycles. The Kier molecular flexibility index (Phi) is 5.96. The van der Waals surface area contributed by atoms with Gasteiger partial charge in [-0.25, -0.2) is 4.90 Å². The summed E-state index contributed by atoms with van der Waals surface area (Å²) in [5, 5.41) is 27.0. The quantitative estimate of drug-likeness (QED) is 0.210. The molecule has 0 radical (unpaired) electrons. The van der Waals surface area contributed by atoms with Crippen molar-refractivity contribution in [2.45, 2.75) is 24.9 Å². The minimum absolute atomic E-state index is 0.128. The van der Waals surface area contributed by atoms with Gasteiger partial charge in [-0.2, -0.15) is 0 Å². The Morgan fingerprint density at radius 1 is 0.950 bits per heavy atom. The number of benzene rings is 4. The molecule has 0 aliphatic carbocycles. The minimum atomic E-state index is -1.84. The molecule has 4 aromatic rings. The van der Waals surface area contributed by atoms with Crippen molar-refractivity contribution < 1.29 is 24.4 Å². The molecule has 2 fully saturated rings. The number of hydrogen-bond donors (Lipinski definition) is 2. The van der Waals surface area contributed by atoms with Crippen LogP contribution in [0.4, 0.5) is 11.4 Å². The predicted molar refractivity (Wildman–Crippen MR) is 148 cm³/mol. The van der Waals surface area contributed by atoms with Gasteiger partial charge < -0.3 is 5.11 Å². The smallest absolute Gasteiger partial charge is 0.325 e. The molecule has 2 amide bonds. The number of amides is 2. The fourth-order valence-electron chi connectivity index (χ4n) is 6.34. The number of carbonyl (C=O) groups is 3. The van der Waals surface area contributed by atoms with Crippen molar-refractivity contribution in [1.29, 1.82) is 0 Å². The number of anilines is 1. The third-order valence-electron chi connectivity index (χ3n) is 8.18. The van der Waals surface area contributed by atoms with Crippen LogP contribution in [0.1, 0.15) is 22.7 Å². The van der Waals surface area contributed by atoms with E-state index in [2.05, 4.69) is 5.32 Å². The van der Waals surface area contributed by atoms with E-state index in [4.69, 9.17) is 0 Å². The number of nitro groups is 1. The van der Waals surface area contributed by atoms with E-state index in [1.54, 1.807) is 31.2 Å². The summed E-state index contributed by atoms with van der Waals surface area (Å²) >= 11 is 0. The highest BCUT2D eigenvalue weighted by molar-refractivity contribution is 6.24. The molecule has 0 aromatic heterocycles. The van der Waals surface area contributed by atoms with Gasteiger partial charge in [0.15, 0.2) is 0 Å². The number of imide groups is 1. The van der Waals surface area contributed by atoms with Gasteiger partial charge in [0, 0.05) is 24.6 Å². The first kappa shape index (κ1) is 25.4. The zero-order chi connectivity index (χ0) is 28.2. The summed E-state index contributed by atoms with van der Waals surface area (Å²) in [5.74, 6) is -4.50. The van der Waals surface area contributed by atoms with Crippen molar-refractivity contribution in [3.8, 4) is 0 Å². The summed E-state index contributed by atoms with van der Waals surface area (Å²) in [6, 6.07) is 25.1. The number of non-ortho nitro benzene ring substituents is 1. The molecule has 4 unspecified atom stereocenters. The van der Waals surface area contributed by atoms with E-state index in [1.165, 1.54) is 24.3 Å². The van der Waals surface area contributed by atoms with Crippen molar-refractivity contribution in [3.63, 3.8) is 0 Å². The summed E-state index contributed by atoms with van der Waals surface area (Å²) in [4.78, 5) is 53.3. The van der Waals surface area contributed by atoms with Crippen LogP contribution >= 0.6 is 0 Å². The summed E-state index contributed by atoms with van der Waals surface area (Å²) in [5.41, 5.74) is 0.400. The number of nitro benzene ring substituents is 1. The van der Waals surface area contributed by atoms with Crippen molar-refractivity contribution in [2.75, 3.05) is 4.90 Å². The van der Waals surface area contributed by atoms with E-state index in [0.717, 1.165) is 26.8 Å².